The number of carboxylic acids is 1. The molecule has 1 aromatic rings. The molecule has 0 aliphatic heterocycles. The second kappa shape index (κ2) is 16.0. The largest absolute Gasteiger partial charge is 0.480 e. The SMILES string of the molecule is CC(=O)NCC(=O)N[C@@H](CC(C)C)C(=O)N[C@@H](CO)C(=O)N[C@@H](Cc1ccccc1)C(=O)N[C@@H](C)C(=O)O. The van der Waals surface area contributed by atoms with Crippen LogP contribution in [0.25, 0.3) is 0 Å². The number of hydrogen-bond donors (Lipinski definition) is 7. The third-order valence-electron chi connectivity index (χ3n) is 5.32. The van der Waals surface area contributed by atoms with Crippen LogP contribution in [0.3, 0.4) is 0 Å². The lowest BCUT2D eigenvalue weighted by Gasteiger charge is -2.25. The number of carbonyl (C=O) groups excluding carboxylic acids is 5. The molecule has 0 saturated heterocycles. The minimum atomic E-state index is -1.47. The maximum absolute atomic E-state index is 13.0. The lowest BCUT2D eigenvalue weighted by atomic mass is 10.0. The van der Waals surface area contributed by atoms with Crippen molar-refractivity contribution in [1.29, 1.82) is 0 Å². The van der Waals surface area contributed by atoms with Crippen LogP contribution < -0.4 is 26.6 Å². The third kappa shape index (κ3) is 11.8. The second-order valence-corrected chi connectivity index (χ2v) is 9.22. The van der Waals surface area contributed by atoms with Crippen LogP contribution in [0.2, 0.25) is 0 Å². The summed E-state index contributed by atoms with van der Waals surface area (Å²) in [7, 11) is 0. The van der Waals surface area contributed by atoms with E-state index in [0.717, 1.165) is 0 Å². The molecule has 0 saturated carbocycles. The number of aliphatic hydroxyl groups excluding tert-OH is 1. The van der Waals surface area contributed by atoms with Crippen molar-refractivity contribution in [3.05, 3.63) is 35.9 Å². The van der Waals surface area contributed by atoms with E-state index in [0.29, 0.717) is 5.56 Å². The van der Waals surface area contributed by atoms with Crippen LogP contribution in [-0.2, 0) is 35.2 Å². The van der Waals surface area contributed by atoms with Gasteiger partial charge >= 0.3 is 5.97 Å². The van der Waals surface area contributed by atoms with Gasteiger partial charge in [0, 0.05) is 13.3 Å². The van der Waals surface area contributed by atoms with Crippen molar-refractivity contribution >= 4 is 35.5 Å². The zero-order valence-corrected chi connectivity index (χ0v) is 21.9. The van der Waals surface area contributed by atoms with Gasteiger partial charge in [0.25, 0.3) is 0 Å². The van der Waals surface area contributed by atoms with E-state index in [-0.39, 0.29) is 25.3 Å². The summed E-state index contributed by atoms with van der Waals surface area (Å²) in [6, 6.07) is 3.73. The Morgan fingerprint density at radius 1 is 0.789 bits per heavy atom. The number of hydrogen-bond acceptors (Lipinski definition) is 7. The molecule has 4 atom stereocenters. The second-order valence-electron chi connectivity index (χ2n) is 9.22. The Morgan fingerprint density at radius 3 is 1.87 bits per heavy atom. The van der Waals surface area contributed by atoms with Gasteiger partial charge in [-0.25, -0.2) is 0 Å². The van der Waals surface area contributed by atoms with Crippen LogP contribution in [0.1, 0.15) is 39.7 Å². The molecule has 13 nitrogen and oxygen atoms in total. The number of benzene rings is 1. The number of carboxylic acid groups (broad SMARTS) is 1. The maximum Gasteiger partial charge on any atom is 0.325 e. The molecule has 0 aromatic heterocycles. The van der Waals surface area contributed by atoms with Gasteiger partial charge in [0.2, 0.25) is 29.5 Å². The van der Waals surface area contributed by atoms with E-state index in [1.807, 2.05) is 13.8 Å². The molecular formula is C25H37N5O8. The van der Waals surface area contributed by atoms with Crippen molar-refractivity contribution in [2.24, 2.45) is 5.92 Å². The van der Waals surface area contributed by atoms with Gasteiger partial charge in [0.1, 0.15) is 24.2 Å². The molecule has 0 spiro atoms. The first-order valence-electron chi connectivity index (χ1n) is 12.2. The molecule has 1 aromatic carbocycles. The van der Waals surface area contributed by atoms with Crippen molar-refractivity contribution in [1.82, 2.24) is 26.6 Å². The van der Waals surface area contributed by atoms with Gasteiger partial charge in [-0.05, 0) is 24.8 Å². The predicted octanol–water partition coefficient (Wildman–Crippen LogP) is -1.55. The Hall–Kier alpha value is -4.00. The summed E-state index contributed by atoms with van der Waals surface area (Å²) >= 11 is 0. The monoisotopic (exact) mass is 535 g/mol. The van der Waals surface area contributed by atoms with E-state index in [1.54, 1.807) is 30.3 Å². The topological polar surface area (TPSA) is 203 Å². The molecule has 13 heteroatoms. The summed E-state index contributed by atoms with van der Waals surface area (Å²) in [4.78, 5) is 73.0. The molecule has 210 valence electrons. The Bertz CT molecular complexity index is 985. The van der Waals surface area contributed by atoms with Gasteiger partial charge in [-0.1, -0.05) is 44.2 Å². The van der Waals surface area contributed by atoms with Crippen molar-refractivity contribution in [2.75, 3.05) is 13.2 Å². The molecule has 38 heavy (non-hydrogen) atoms. The van der Waals surface area contributed by atoms with E-state index in [9.17, 15) is 33.9 Å². The summed E-state index contributed by atoms with van der Waals surface area (Å²) in [5.74, 6) is -4.71. The fourth-order valence-electron chi connectivity index (χ4n) is 3.33. The molecular weight excluding hydrogens is 498 g/mol. The Balaban J connectivity index is 2.99. The smallest absolute Gasteiger partial charge is 0.325 e. The molecule has 0 heterocycles. The summed E-state index contributed by atoms with van der Waals surface area (Å²) in [6.07, 6.45) is 0.232. The summed E-state index contributed by atoms with van der Waals surface area (Å²) in [5, 5.41) is 30.9. The fraction of sp³-hybridized carbons (Fsp3) is 0.520. The molecule has 0 unspecified atom stereocenters. The number of nitrogens with one attached hydrogen (secondary N) is 5. The van der Waals surface area contributed by atoms with E-state index >= 15 is 0 Å². The average Bonchev–Trinajstić information content (AvgIpc) is 2.85. The molecule has 0 radical (unpaired) electrons. The van der Waals surface area contributed by atoms with Gasteiger partial charge in [0.05, 0.1) is 13.2 Å². The lowest BCUT2D eigenvalue weighted by Crippen LogP contribution is -2.59. The van der Waals surface area contributed by atoms with Crippen LogP contribution in [-0.4, -0.2) is 83.0 Å². The fourth-order valence-corrected chi connectivity index (χ4v) is 3.33. The van der Waals surface area contributed by atoms with Crippen molar-refractivity contribution in [3.8, 4) is 0 Å². The Kier molecular flexibility index (Phi) is 13.5. The predicted molar refractivity (Wildman–Crippen MR) is 136 cm³/mol. The van der Waals surface area contributed by atoms with E-state index in [2.05, 4.69) is 26.6 Å². The molecule has 0 fully saturated rings. The highest BCUT2D eigenvalue weighted by Gasteiger charge is 2.30. The molecule has 0 aliphatic carbocycles. The van der Waals surface area contributed by atoms with Gasteiger partial charge in [-0.3, -0.25) is 28.8 Å². The highest BCUT2D eigenvalue weighted by molar-refractivity contribution is 5.95. The molecule has 7 N–H and O–H groups in total. The van der Waals surface area contributed by atoms with Gasteiger partial charge < -0.3 is 36.8 Å². The van der Waals surface area contributed by atoms with Crippen LogP contribution >= 0.6 is 0 Å². The Morgan fingerprint density at radius 2 is 1.34 bits per heavy atom. The van der Waals surface area contributed by atoms with Gasteiger partial charge in [-0.2, -0.15) is 0 Å². The quantitative estimate of drug-likeness (QED) is 0.140. The van der Waals surface area contributed by atoms with Crippen LogP contribution in [0.4, 0.5) is 0 Å². The van der Waals surface area contributed by atoms with Crippen LogP contribution in [0.15, 0.2) is 30.3 Å². The highest BCUT2D eigenvalue weighted by Crippen LogP contribution is 2.07. The lowest BCUT2D eigenvalue weighted by molar-refractivity contribution is -0.141. The standard InChI is InChI=1S/C25H37N5O8/c1-14(2)10-18(28-21(33)12-26-16(4)32)23(35)30-20(13-31)24(36)29-19(11-17-8-6-5-7-9-17)22(34)27-15(3)25(37)38/h5-9,14-15,18-20,31H,10-13H2,1-4H3,(H,26,32)(H,27,34)(H,28,33)(H,29,36)(H,30,35)(H,37,38)/t15-,18-,19-,20-/m0/s1. The normalized spacial score (nSPS) is 13.8. The third-order valence-corrected chi connectivity index (χ3v) is 5.32. The van der Waals surface area contributed by atoms with E-state index in [4.69, 9.17) is 5.11 Å². The van der Waals surface area contributed by atoms with E-state index in [1.165, 1.54) is 13.8 Å². The van der Waals surface area contributed by atoms with Crippen molar-refractivity contribution < 1.29 is 39.0 Å². The van der Waals surface area contributed by atoms with Crippen LogP contribution in [0, 0.1) is 5.92 Å². The maximum atomic E-state index is 13.0. The average molecular weight is 536 g/mol. The molecule has 5 amide bonds. The number of aliphatic carboxylic acids is 1. The first-order chi connectivity index (χ1) is 17.8. The van der Waals surface area contributed by atoms with Crippen LogP contribution in [0.5, 0.6) is 0 Å². The van der Waals surface area contributed by atoms with Gasteiger partial charge in [0.15, 0.2) is 0 Å². The molecule has 1 rings (SSSR count). The zero-order valence-electron chi connectivity index (χ0n) is 21.9. The minimum Gasteiger partial charge on any atom is -0.480 e. The minimum absolute atomic E-state index is 0.0199. The van der Waals surface area contributed by atoms with E-state index < -0.39 is 66.3 Å². The number of rotatable bonds is 15. The zero-order chi connectivity index (χ0) is 28.8. The number of aliphatic hydroxyl groups is 1. The number of amides is 5. The summed E-state index contributed by atoms with van der Waals surface area (Å²) < 4.78 is 0. The first kappa shape index (κ1) is 32.0. The molecule has 0 aliphatic rings. The van der Waals surface area contributed by atoms with Crippen molar-refractivity contribution in [3.63, 3.8) is 0 Å². The first-order valence-corrected chi connectivity index (χ1v) is 12.2. The Labute approximate surface area is 221 Å². The van der Waals surface area contributed by atoms with Gasteiger partial charge in [-0.15, -0.1) is 0 Å². The summed E-state index contributed by atoms with van der Waals surface area (Å²) in [5.41, 5.74) is 0.680. The molecule has 0 bridgehead atoms. The highest BCUT2D eigenvalue weighted by atomic mass is 16.4. The summed E-state index contributed by atoms with van der Waals surface area (Å²) in [6.45, 7) is 5.00. The number of carbonyl (C=O) groups is 6. The van der Waals surface area contributed by atoms with Crippen molar-refractivity contribution in [2.45, 2.75) is 64.7 Å².